The van der Waals surface area contributed by atoms with E-state index in [9.17, 15) is 42.7 Å². The van der Waals surface area contributed by atoms with Crippen molar-refractivity contribution in [3.05, 3.63) is 75.7 Å². The van der Waals surface area contributed by atoms with E-state index < -0.39 is 121 Å². The number of hydrogen-bond donors (Lipinski definition) is 1. The van der Waals surface area contributed by atoms with Crippen LogP contribution >= 0.6 is 27.3 Å². The molecule has 2 amide bonds. The quantitative estimate of drug-likeness (QED) is 0.113. The van der Waals surface area contributed by atoms with Crippen LogP contribution in [0.2, 0.25) is 0 Å². The Morgan fingerprint density at radius 2 is 1.86 bits per heavy atom. The Bertz CT molecular complexity index is 2940. The zero-order valence-electron chi connectivity index (χ0n) is 53.0. The topological polar surface area (TPSA) is 186 Å². The minimum Gasteiger partial charge on any atom is -0.493 e. The third-order valence-electron chi connectivity index (χ3n) is 10.0. The van der Waals surface area contributed by atoms with Gasteiger partial charge in [-0.3, -0.25) is 29.0 Å². The minimum atomic E-state index is -4.88. The lowest BCUT2D eigenvalue weighted by atomic mass is 9.72. The van der Waals surface area contributed by atoms with Crippen molar-refractivity contribution in [2.24, 2.45) is 0 Å². The SMILES string of the molecule is [2H]C([2H])(Br)C([2H])([2H])C([2H])([2H])C(=O)OC.[2H]C([2H])(Oc1ccccc1C1(C#N)CCN(C(=O)[C@]2(Oc3csc(C)c3)CCCN(C(=O)c3ncccc3C(F)(F)F)[C@@H]2CCC)CC1)C([2H])([2H])C([2H])([2H])C(=O)O.[2H]C1([2H])OC(=O)C([2H])([2H])C1([2H])[2H]. The van der Waals surface area contributed by atoms with Gasteiger partial charge in [-0.2, -0.15) is 18.4 Å². The van der Waals surface area contributed by atoms with Crippen LogP contribution in [-0.4, -0.2) is 106 Å². The summed E-state index contributed by atoms with van der Waals surface area (Å²) in [4.78, 5) is 69.6. The van der Waals surface area contributed by atoms with Gasteiger partial charge in [0.2, 0.25) is 5.60 Å². The number of esters is 2. The van der Waals surface area contributed by atoms with Gasteiger partial charge in [0.05, 0.1) is 48.8 Å². The molecule has 6 rings (SSSR count). The maximum Gasteiger partial charge on any atom is 0.418 e. The second kappa shape index (κ2) is 24.9. The van der Waals surface area contributed by atoms with E-state index >= 15 is 4.79 Å². The molecule has 0 bridgehead atoms. The van der Waals surface area contributed by atoms with E-state index in [1.807, 2.05) is 13.8 Å². The van der Waals surface area contributed by atoms with Crippen molar-refractivity contribution in [2.45, 2.75) is 114 Å². The second-order valence-corrected chi connectivity index (χ2v) is 15.5. The number of carboxylic acid groups (broad SMARTS) is 1. The summed E-state index contributed by atoms with van der Waals surface area (Å²) in [6, 6.07) is 10.4. The van der Waals surface area contributed by atoms with Gasteiger partial charge >= 0.3 is 24.1 Å². The van der Waals surface area contributed by atoms with Gasteiger partial charge in [0, 0.05) is 91.7 Å². The van der Waals surface area contributed by atoms with E-state index in [0.29, 0.717) is 12.2 Å². The summed E-state index contributed by atoms with van der Waals surface area (Å²) in [6.07, 6.45) is -22.4. The summed E-state index contributed by atoms with van der Waals surface area (Å²) in [5, 5.41) is 19.0. The standard InChI is InChI=1S/C37H41F3N4O6S.C5H9BrO2.C4H6O2/c1-3-9-30-36(50-26-22-25(2)51-23-26,14-8-18-44(30)33(47)32-28(37(38,39)40)11-6-17-42-32)34(48)43-19-15-35(24-41,16-20-43)27-10-4-5-12-29(27)49-21-7-13-31(45)46;1-8-5(7)3-2-4-6;5-4-2-1-3-6-4/h4-6,10-12,17,22-23,30H,3,7-9,13-16,18-21H2,1-2H3,(H,45,46);2-4H2,1H3;1-3H2/t30-,36+;;/m1../s1/i7D2,13D2,21D2;2D2,3D2,4D2;1D2,2D2,3D2. The minimum absolute atomic E-state index is 0.0339. The predicted molar refractivity (Wildman–Crippen MR) is 238 cm³/mol. The highest BCUT2D eigenvalue weighted by Gasteiger charge is 2.56. The van der Waals surface area contributed by atoms with E-state index in [-0.39, 0.29) is 63.1 Å². The van der Waals surface area contributed by atoms with Gasteiger partial charge in [0.1, 0.15) is 17.2 Å². The summed E-state index contributed by atoms with van der Waals surface area (Å²) < 4.78 is 195. The molecule has 3 fully saturated rings. The lowest BCUT2D eigenvalue weighted by Crippen LogP contribution is -2.68. The number of nitriles is 1. The molecule has 5 heterocycles. The molecule has 14 nitrogen and oxygen atoms in total. The number of methoxy groups -OCH3 is 1. The molecule has 0 unspecified atom stereocenters. The summed E-state index contributed by atoms with van der Waals surface area (Å²) in [5.74, 6) is -6.74. The first kappa shape index (κ1) is 31.7. The lowest BCUT2D eigenvalue weighted by Gasteiger charge is -2.51. The molecular weight excluding hydrogens is 937 g/mol. The first-order valence-electron chi connectivity index (χ1n) is 28.5. The number of halogens is 4. The van der Waals surface area contributed by atoms with Crippen LogP contribution in [0.3, 0.4) is 0 Å². The second-order valence-electron chi connectivity index (χ2n) is 14.0. The predicted octanol–water partition coefficient (Wildman–Crippen LogP) is 8.68. The molecule has 3 saturated heterocycles. The van der Waals surface area contributed by atoms with Crippen molar-refractivity contribution in [2.75, 3.05) is 45.1 Å². The number of aromatic nitrogens is 1. The molecule has 0 saturated carbocycles. The third-order valence-corrected chi connectivity index (χ3v) is 11.1. The zero-order chi connectivity index (χ0) is 63.8. The van der Waals surface area contributed by atoms with Crippen LogP contribution in [0.15, 0.2) is 54.0 Å². The van der Waals surface area contributed by atoms with E-state index in [0.717, 1.165) is 30.3 Å². The van der Waals surface area contributed by atoms with Gasteiger partial charge in [-0.15, -0.1) is 11.3 Å². The Balaban J connectivity index is 0.000000465. The van der Waals surface area contributed by atoms with Gasteiger partial charge in [-0.1, -0.05) is 47.5 Å². The monoisotopic (exact) mass is 1010 g/mol. The maximum absolute atomic E-state index is 15.0. The molecule has 2 aromatic heterocycles. The van der Waals surface area contributed by atoms with Crippen molar-refractivity contribution < 1.29 is 85.9 Å². The highest BCUT2D eigenvalue weighted by atomic mass is 79.9. The number of aryl methyl sites for hydroxylation is 1. The number of amides is 2. The number of thiophene rings is 1. The van der Waals surface area contributed by atoms with Gasteiger partial charge < -0.3 is 33.9 Å². The van der Waals surface area contributed by atoms with Gasteiger partial charge in [0.15, 0.2) is 0 Å². The molecule has 354 valence electrons. The van der Waals surface area contributed by atoms with Crippen molar-refractivity contribution in [3.8, 4) is 17.6 Å². The molecule has 3 aliphatic rings. The number of likely N-dealkylation sites (tertiary alicyclic amines) is 2. The Labute approximate surface area is 414 Å². The number of rotatable bonds is 15. The molecule has 0 radical (unpaired) electrons. The van der Waals surface area contributed by atoms with Crippen LogP contribution in [0, 0.1) is 18.3 Å². The molecule has 65 heavy (non-hydrogen) atoms. The Morgan fingerprint density at radius 1 is 1.12 bits per heavy atom. The summed E-state index contributed by atoms with van der Waals surface area (Å²) in [7, 11) is 0.903. The molecule has 1 aromatic carbocycles. The molecule has 3 aliphatic heterocycles. The van der Waals surface area contributed by atoms with E-state index in [1.165, 1.54) is 45.4 Å². The van der Waals surface area contributed by atoms with Crippen LogP contribution < -0.4 is 9.47 Å². The average molecular weight is 1010 g/mol. The highest BCUT2D eigenvalue weighted by Crippen LogP contribution is 2.44. The first-order valence-corrected chi connectivity index (χ1v) is 21.2. The van der Waals surface area contributed by atoms with Crippen LogP contribution in [0.25, 0.3) is 0 Å². The van der Waals surface area contributed by atoms with Gasteiger partial charge in [0.25, 0.3) is 11.8 Å². The number of ether oxygens (including phenoxy) is 4. The molecule has 0 aliphatic carbocycles. The number of alkyl halides is 4. The number of cyclic esters (lactones) is 1. The highest BCUT2D eigenvalue weighted by molar-refractivity contribution is 9.09. The molecule has 19 heteroatoms. The fourth-order valence-electron chi connectivity index (χ4n) is 7.24. The zero-order valence-corrected chi connectivity index (χ0v) is 37.4. The van der Waals surface area contributed by atoms with E-state index in [1.54, 1.807) is 11.4 Å². The fraction of sp³-hybridized carbons (Fsp3) is 0.543. The molecule has 1 N–H and O–H groups in total. The number of nitrogens with zero attached hydrogens (tertiary/aromatic N) is 4. The molecular formula is C46H56BrF3N4O10S. The van der Waals surface area contributed by atoms with Crippen LogP contribution in [-0.2, 0) is 40.2 Å². The summed E-state index contributed by atoms with van der Waals surface area (Å²) in [6.45, 7) is -2.91. The van der Waals surface area contributed by atoms with Crippen molar-refractivity contribution in [1.29, 1.82) is 5.26 Å². The third kappa shape index (κ3) is 14.1. The summed E-state index contributed by atoms with van der Waals surface area (Å²) in [5.41, 5.74) is -5.12. The Hall–Kier alpha value is -5.22. The van der Waals surface area contributed by atoms with Crippen molar-refractivity contribution in [3.63, 3.8) is 0 Å². The number of carbonyl (C=O) groups is 5. The van der Waals surface area contributed by atoms with Gasteiger partial charge in [-0.25, -0.2) is 0 Å². The summed E-state index contributed by atoms with van der Waals surface area (Å²) >= 11 is 3.70. The Morgan fingerprint density at radius 3 is 2.43 bits per heavy atom. The smallest absolute Gasteiger partial charge is 0.418 e. The van der Waals surface area contributed by atoms with Gasteiger partial charge in [-0.05, 0) is 76.0 Å². The number of pyridine rings is 1. The first-order chi connectivity index (χ1) is 37.7. The normalized spacial score (nSPS) is 26.7. The number of para-hydroxylation sites is 1. The van der Waals surface area contributed by atoms with Crippen LogP contribution in [0.1, 0.15) is 135 Å². The van der Waals surface area contributed by atoms with Crippen LogP contribution in [0.5, 0.6) is 11.5 Å². The molecule has 2 atom stereocenters. The van der Waals surface area contributed by atoms with Crippen LogP contribution in [0.4, 0.5) is 13.2 Å². The number of benzene rings is 1. The molecule has 3 aromatic rings. The average Bonchev–Trinajstić information content (AvgIpc) is 4.01. The number of carboxylic acids is 1. The maximum atomic E-state index is 15.0. The Kier molecular flexibility index (Phi) is 12.1. The molecule has 0 spiro atoms. The van der Waals surface area contributed by atoms with E-state index in [4.69, 9.17) is 34.1 Å². The number of aliphatic carboxylic acids is 1. The van der Waals surface area contributed by atoms with Crippen molar-refractivity contribution in [1.82, 2.24) is 14.8 Å². The number of carbonyl (C=O) groups excluding carboxylic acids is 4. The largest absolute Gasteiger partial charge is 0.493 e. The number of hydrogen-bond acceptors (Lipinski definition) is 12. The van der Waals surface area contributed by atoms with Crippen molar-refractivity contribution >= 4 is 57.0 Å². The van der Waals surface area contributed by atoms with E-state index in [2.05, 4.69) is 36.5 Å². The fourth-order valence-corrected chi connectivity index (χ4v) is 7.94. The number of piperidine rings is 2. The lowest BCUT2D eigenvalue weighted by molar-refractivity contribution is -0.160.